The molecule has 106 valence electrons. The Hall–Kier alpha value is -0.790. The normalized spacial score (nSPS) is 17.2. The summed E-state index contributed by atoms with van der Waals surface area (Å²) in [4.78, 5) is 0. The number of ether oxygens (including phenoxy) is 2. The summed E-state index contributed by atoms with van der Waals surface area (Å²) >= 11 is 3.32. The van der Waals surface area contributed by atoms with Gasteiger partial charge < -0.3 is 9.47 Å². The zero-order valence-electron chi connectivity index (χ0n) is 10.6. The number of anilines is 1. The summed E-state index contributed by atoms with van der Waals surface area (Å²) < 4.78 is 38.3. The van der Waals surface area contributed by atoms with Gasteiger partial charge in [0.15, 0.2) is 0 Å². The van der Waals surface area contributed by atoms with Gasteiger partial charge in [0.25, 0.3) is 0 Å². The molecule has 1 saturated heterocycles. The standard InChI is InChI=1S/C12H16BrNO4S/c1-17-12-3-2-9(13)8-11(12)14-19(15,16)10-4-6-18-7-5-10/h2-3,8,10,14H,4-7H2,1H3. The van der Waals surface area contributed by atoms with Crippen LogP contribution in [0.2, 0.25) is 0 Å². The highest BCUT2D eigenvalue weighted by molar-refractivity contribution is 9.10. The third-order valence-electron chi connectivity index (χ3n) is 3.02. The topological polar surface area (TPSA) is 64.6 Å². The minimum absolute atomic E-state index is 0.412. The zero-order valence-corrected chi connectivity index (χ0v) is 13.0. The van der Waals surface area contributed by atoms with Crippen molar-refractivity contribution >= 4 is 31.6 Å². The molecular weight excluding hydrogens is 334 g/mol. The number of methoxy groups -OCH3 is 1. The monoisotopic (exact) mass is 349 g/mol. The van der Waals surface area contributed by atoms with E-state index in [9.17, 15) is 8.42 Å². The summed E-state index contributed by atoms with van der Waals surface area (Å²) in [6.07, 6.45) is 1.04. The number of nitrogens with one attached hydrogen (secondary N) is 1. The fourth-order valence-electron chi connectivity index (χ4n) is 1.98. The Bertz CT molecular complexity index is 541. The highest BCUT2D eigenvalue weighted by Gasteiger charge is 2.28. The van der Waals surface area contributed by atoms with Crippen molar-refractivity contribution in [3.8, 4) is 5.75 Å². The first-order chi connectivity index (χ1) is 9.03. The minimum Gasteiger partial charge on any atom is -0.495 e. The SMILES string of the molecule is COc1ccc(Br)cc1NS(=O)(=O)C1CCOCC1. The molecule has 0 saturated carbocycles. The summed E-state index contributed by atoms with van der Waals surface area (Å²) in [5.74, 6) is 0.499. The molecule has 0 aromatic heterocycles. The molecule has 2 rings (SSSR count). The van der Waals surface area contributed by atoms with Gasteiger partial charge in [0.1, 0.15) is 5.75 Å². The molecule has 0 bridgehead atoms. The highest BCUT2D eigenvalue weighted by atomic mass is 79.9. The maximum Gasteiger partial charge on any atom is 0.235 e. The Morgan fingerprint density at radius 2 is 2.05 bits per heavy atom. The Kier molecular flexibility index (Phi) is 4.70. The Morgan fingerprint density at radius 3 is 2.68 bits per heavy atom. The van der Waals surface area contributed by atoms with Crippen LogP contribution < -0.4 is 9.46 Å². The summed E-state index contributed by atoms with van der Waals surface area (Å²) in [5, 5.41) is -0.412. The number of sulfonamides is 1. The Labute approximate surface area is 121 Å². The van der Waals surface area contributed by atoms with Crippen molar-refractivity contribution < 1.29 is 17.9 Å². The van der Waals surface area contributed by atoms with Gasteiger partial charge in [-0.3, -0.25) is 4.72 Å². The largest absolute Gasteiger partial charge is 0.495 e. The van der Waals surface area contributed by atoms with Crippen molar-refractivity contribution in [2.45, 2.75) is 18.1 Å². The van der Waals surface area contributed by atoms with E-state index >= 15 is 0 Å². The molecular formula is C12H16BrNO4S. The molecule has 0 unspecified atom stereocenters. The van der Waals surface area contributed by atoms with Gasteiger partial charge in [-0.05, 0) is 31.0 Å². The molecule has 1 fully saturated rings. The van der Waals surface area contributed by atoms with Gasteiger partial charge in [-0.2, -0.15) is 0 Å². The molecule has 5 nitrogen and oxygen atoms in total. The summed E-state index contributed by atoms with van der Waals surface area (Å²) in [7, 11) is -1.91. The first kappa shape index (κ1) is 14.6. The quantitative estimate of drug-likeness (QED) is 0.906. The first-order valence-corrected chi connectivity index (χ1v) is 8.30. The molecule has 1 aromatic carbocycles. The number of hydrogen-bond donors (Lipinski definition) is 1. The second-order valence-corrected chi connectivity index (χ2v) is 7.18. The summed E-state index contributed by atoms with van der Waals surface area (Å²) in [6.45, 7) is 0.975. The maximum atomic E-state index is 12.3. The minimum atomic E-state index is -3.42. The van der Waals surface area contributed by atoms with Crippen molar-refractivity contribution in [2.75, 3.05) is 25.0 Å². The lowest BCUT2D eigenvalue weighted by molar-refractivity contribution is 0.0984. The average Bonchev–Trinajstić information content (AvgIpc) is 2.39. The van der Waals surface area contributed by atoms with Crippen LogP contribution in [0.15, 0.2) is 22.7 Å². The lowest BCUT2D eigenvalue weighted by Crippen LogP contribution is -2.33. The van der Waals surface area contributed by atoms with E-state index in [-0.39, 0.29) is 0 Å². The van der Waals surface area contributed by atoms with Crippen LogP contribution in [-0.2, 0) is 14.8 Å². The lowest BCUT2D eigenvalue weighted by atomic mass is 10.2. The highest BCUT2D eigenvalue weighted by Crippen LogP contribution is 2.30. The molecule has 1 N–H and O–H groups in total. The molecule has 1 aromatic rings. The van der Waals surface area contributed by atoms with E-state index in [2.05, 4.69) is 20.7 Å². The van der Waals surface area contributed by atoms with Gasteiger partial charge in [-0.25, -0.2) is 8.42 Å². The van der Waals surface area contributed by atoms with Gasteiger partial charge in [0, 0.05) is 17.7 Å². The second-order valence-electron chi connectivity index (χ2n) is 4.30. The van der Waals surface area contributed by atoms with Crippen molar-refractivity contribution in [1.29, 1.82) is 0 Å². The van der Waals surface area contributed by atoms with Crippen molar-refractivity contribution in [2.24, 2.45) is 0 Å². The molecule has 0 aliphatic carbocycles. The van der Waals surface area contributed by atoms with E-state index in [0.29, 0.717) is 37.5 Å². The first-order valence-electron chi connectivity index (χ1n) is 5.96. The fourth-order valence-corrected chi connectivity index (χ4v) is 3.79. The van der Waals surface area contributed by atoms with Crippen LogP contribution in [0.1, 0.15) is 12.8 Å². The van der Waals surface area contributed by atoms with Crippen LogP contribution in [0.3, 0.4) is 0 Å². The second kappa shape index (κ2) is 6.11. The summed E-state index contributed by atoms with van der Waals surface area (Å²) in [6, 6.07) is 5.20. The fraction of sp³-hybridized carbons (Fsp3) is 0.500. The third kappa shape index (κ3) is 3.61. The molecule has 7 heteroatoms. The van der Waals surface area contributed by atoms with Gasteiger partial charge in [-0.1, -0.05) is 15.9 Å². The third-order valence-corrected chi connectivity index (χ3v) is 5.37. The smallest absolute Gasteiger partial charge is 0.235 e. The number of benzene rings is 1. The van der Waals surface area contributed by atoms with Crippen molar-refractivity contribution in [3.63, 3.8) is 0 Å². The predicted octanol–water partition coefficient (Wildman–Crippen LogP) is 2.38. The molecule has 0 radical (unpaired) electrons. The number of rotatable bonds is 4. The molecule has 19 heavy (non-hydrogen) atoms. The zero-order chi connectivity index (χ0) is 13.9. The molecule has 1 aliphatic heterocycles. The predicted molar refractivity (Wildman–Crippen MR) is 77.1 cm³/mol. The van der Waals surface area contributed by atoms with Gasteiger partial charge >= 0.3 is 0 Å². The molecule has 0 atom stereocenters. The molecule has 1 aliphatic rings. The Morgan fingerprint density at radius 1 is 1.37 bits per heavy atom. The Balaban J connectivity index is 2.21. The van der Waals surface area contributed by atoms with E-state index in [4.69, 9.17) is 9.47 Å². The molecule has 0 amide bonds. The van der Waals surface area contributed by atoms with E-state index in [1.54, 1.807) is 18.2 Å². The molecule has 0 spiro atoms. The number of hydrogen-bond acceptors (Lipinski definition) is 4. The summed E-state index contributed by atoms with van der Waals surface area (Å²) in [5.41, 5.74) is 0.448. The van der Waals surface area contributed by atoms with Crippen LogP contribution in [0.25, 0.3) is 0 Å². The van der Waals surface area contributed by atoms with Crippen molar-refractivity contribution in [1.82, 2.24) is 0 Å². The van der Waals surface area contributed by atoms with E-state index in [0.717, 1.165) is 4.47 Å². The number of halogens is 1. The van der Waals surface area contributed by atoms with Crippen LogP contribution in [-0.4, -0.2) is 34.0 Å². The van der Waals surface area contributed by atoms with Crippen molar-refractivity contribution in [3.05, 3.63) is 22.7 Å². The van der Waals surface area contributed by atoms with Crippen LogP contribution in [0.4, 0.5) is 5.69 Å². The van der Waals surface area contributed by atoms with E-state index < -0.39 is 15.3 Å². The van der Waals surface area contributed by atoms with E-state index in [1.165, 1.54) is 7.11 Å². The van der Waals surface area contributed by atoms with Crippen LogP contribution >= 0.6 is 15.9 Å². The van der Waals surface area contributed by atoms with E-state index in [1.807, 2.05) is 0 Å². The van der Waals surface area contributed by atoms with Crippen LogP contribution in [0, 0.1) is 0 Å². The average molecular weight is 350 g/mol. The molecule has 1 heterocycles. The van der Waals surface area contributed by atoms with Gasteiger partial charge in [-0.15, -0.1) is 0 Å². The van der Waals surface area contributed by atoms with Gasteiger partial charge in [0.2, 0.25) is 10.0 Å². The maximum absolute atomic E-state index is 12.3. The van der Waals surface area contributed by atoms with Crippen LogP contribution in [0.5, 0.6) is 5.75 Å². The lowest BCUT2D eigenvalue weighted by Gasteiger charge is -2.23. The van der Waals surface area contributed by atoms with Gasteiger partial charge in [0.05, 0.1) is 18.0 Å².